The summed E-state index contributed by atoms with van der Waals surface area (Å²) >= 11 is 1.02. The summed E-state index contributed by atoms with van der Waals surface area (Å²) < 4.78 is 4.57. The van der Waals surface area contributed by atoms with Crippen LogP contribution in [-0.4, -0.2) is 29.9 Å². The number of carbonyl (C=O) groups is 3. The molecule has 22 heavy (non-hydrogen) atoms. The Morgan fingerprint density at radius 1 is 1.23 bits per heavy atom. The van der Waals surface area contributed by atoms with Crippen molar-refractivity contribution in [3.05, 3.63) is 40.9 Å². The smallest absolute Gasteiger partial charge is 0.349 e. The van der Waals surface area contributed by atoms with E-state index in [1.54, 1.807) is 24.3 Å². The van der Waals surface area contributed by atoms with Gasteiger partial charge in [-0.3, -0.25) is 14.9 Å². The normalized spacial score (nSPS) is 9.91. The van der Waals surface area contributed by atoms with Crippen LogP contribution in [0.15, 0.2) is 30.5 Å². The average Bonchev–Trinajstić information content (AvgIpc) is 2.94. The lowest BCUT2D eigenvalue weighted by Gasteiger charge is -2.05. The molecule has 0 aliphatic heterocycles. The maximum absolute atomic E-state index is 12.1. The Labute approximate surface area is 130 Å². The number of anilines is 2. The summed E-state index contributed by atoms with van der Waals surface area (Å²) in [5, 5.41) is 5.47. The fourth-order valence-corrected chi connectivity index (χ4v) is 2.37. The molecule has 0 fully saturated rings. The maximum Gasteiger partial charge on any atom is 0.349 e. The van der Waals surface area contributed by atoms with Crippen LogP contribution < -0.4 is 10.6 Å². The number of nitrogens with zero attached hydrogens (tertiary/aromatic N) is 1. The highest BCUT2D eigenvalue weighted by Gasteiger charge is 2.13. The SMILES string of the molecule is COC(=O)c1cnc(NC(=O)c2cccc(NC(C)=O)c2)s1. The van der Waals surface area contributed by atoms with Crippen molar-refractivity contribution in [1.29, 1.82) is 0 Å². The molecule has 0 bridgehead atoms. The van der Waals surface area contributed by atoms with Crippen molar-refractivity contribution in [2.45, 2.75) is 6.92 Å². The molecule has 0 aliphatic carbocycles. The van der Waals surface area contributed by atoms with Crippen LogP contribution in [0, 0.1) is 0 Å². The summed E-state index contributed by atoms with van der Waals surface area (Å²) in [4.78, 5) is 38.7. The van der Waals surface area contributed by atoms with Crippen LogP contribution in [0.5, 0.6) is 0 Å². The first kappa shape index (κ1) is 15.6. The molecule has 2 amide bonds. The number of rotatable bonds is 4. The van der Waals surface area contributed by atoms with Gasteiger partial charge >= 0.3 is 5.97 Å². The third-order valence-corrected chi connectivity index (χ3v) is 3.45. The summed E-state index contributed by atoms with van der Waals surface area (Å²) in [7, 11) is 1.27. The number of aromatic nitrogens is 1. The Kier molecular flexibility index (Phi) is 4.84. The summed E-state index contributed by atoms with van der Waals surface area (Å²) in [6, 6.07) is 6.49. The number of esters is 1. The lowest BCUT2D eigenvalue weighted by atomic mass is 10.2. The number of benzene rings is 1. The molecule has 0 saturated carbocycles. The molecule has 0 atom stereocenters. The van der Waals surface area contributed by atoms with E-state index in [1.165, 1.54) is 20.2 Å². The maximum atomic E-state index is 12.1. The zero-order valence-corrected chi connectivity index (χ0v) is 12.7. The molecule has 114 valence electrons. The first-order valence-corrected chi connectivity index (χ1v) is 7.04. The zero-order valence-electron chi connectivity index (χ0n) is 11.9. The molecular formula is C14H13N3O4S. The van der Waals surface area contributed by atoms with E-state index in [9.17, 15) is 14.4 Å². The van der Waals surface area contributed by atoms with Crippen LogP contribution in [0.25, 0.3) is 0 Å². The number of ether oxygens (including phenoxy) is 1. The standard InChI is InChI=1S/C14H13N3O4S/c1-8(18)16-10-5-3-4-9(6-10)12(19)17-14-15-7-11(22-14)13(20)21-2/h3-7H,1-2H3,(H,16,18)(H,15,17,19). The molecule has 0 unspecified atom stereocenters. The van der Waals surface area contributed by atoms with Crippen LogP contribution in [-0.2, 0) is 9.53 Å². The van der Waals surface area contributed by atoms with Crippen LogP contribution in [0.2, 0.25) is 0 Å². The Morgan fingerprint density at radius 3 is 2.68 bits per heavy atom. The number of methoxy groups -OCH3 is 1. The topological polar surface area (TPSA) is 97.4 Å². The van der Waals surface area contributed by atoms with E-state index in [2.05, 4.69) is 20.4 Å². The van der Waals surface area contributed by atoms with Gasteiger partial charge < -0.3 is 10.1 Å². The van der Waals surface area contributed by atoms with Gasteiger partial charge in [0.15, 0.2) is 5.13 Å². The first-order chi connectivity index (χ1) is 10.5. The van der Waals surface area contributed by atoms with E-state index in [-0.39, 0.29) is 11.0 Å². The quantitative estimate of drug-likeness (QED) is 0.841. The van der Waals surface area contributed by atoms with Gasteiger partial charge in [-0.05, 0) is 18.2 Å². The molecule has 0 aliphatic rings. The third-order valence-electron chi connectivity index (χ3n) is 2.56. The molecular weight excluding hydrogens is 306 g/mol. The van der Waals surface area contributed by atoms with Gasteiger partial charge in [0.1, 0.15) is 4.88 Å². The fourth-order valence-electron chi connectivity index (χ4n) is 1.64. The molecule has 1 aromatic heterocycles. The Balaban J connectivity index is 2.10. The second kappa shape index (κ2) is 6.81. The number of carbonyl (C=O) groups excluding carboxylic acids is 3. The molecule has 2 N–H and O–H groups in total. The van der Waals surface area contributed by atoms with Gasteiger partial charge in [0, 0.05) is 18.2 Å². The van der Waals surface area contributed by atoms with Crippen molar-refractivity contribution in [2.24, 2.45) is 0 Å². The van der Waals surface area contributed by atoms with Crippen LogP contribution in [0.1, 0.15) is 27.0 Å². The van der Waals surface area contributed by atoms with Gasteiger partial charge in [-0.15, -0.1) is 0 Å². The zero-order chi connectivity index (χ0) is 16.1. The van der Waals surface area contributed by atoms with Gasteiger partial charge in [0.05, 0.1) is 13.3 Å². The lowest BCUT2D eigenvalue weighted by Crippen LogP contribution is -2.12. The highest BCUT2D eigenvalue weighted by Crippen LogP contribution is 2.20. The Morgan fingerprint density at radius 2 is 2.00 bits per heavy atom. The Bertz CT molecular complexity index is 726. The minimum atomic E-state index is -0.509. The monoisotopic (exact) mass is 319 g/mol. The van der Waals surface area contributed by atoms with E-state index in [0.29, 0.717) is 16.1 Å². The number of thiazole rings is 1. The second-order valence-corrected chi connectivity index (χ2v) is 5.27. The summed E-state index contributed by atoms with van der Waals surface area (Å²) in [6.45, 7) is 1.39. The molecule has 1 heterocycles. The molecule has 0 radical (unpaired) electrons. The van der Waals surface area contributed by atoms with Crippen LogP contribution >= 0.6 is 11.3 Å². The van der Waals surface area contributed by atoms with Gasteiger partial charge in [-0.25, -0.2) is 9.78 Å². The van der Waals surface area contributed by atoms with Crippen LogP contribution in [0.3, 0.4) is 0 Å². The van der Waals surface area contributed by atoms with E-state index in [4.69, 9.17) is 0 Å². The molecule has 0 spiro atoms. The number of hydrogen-bond donors (Lipinski definition) is 2. The molecule has 0 saturated heterocycles. The van der Waals surface area contributed by atoms with Crippen molar-refractivity contribution >= 4 is 39.9 Å². The minimum absolute atomic E-state index is 0.222. The van der Waals surface area contributed by atoms with Gasteiger partial charge in [-0.1, -0.05) is 17.4 Å². The van der Waals surface area contributed by atoms with Crippen molar-refractivity contribution < 1.29 is 19.1 Å². The third kappa shape index (κ3) is 3.89. The summed E-state index contributed by atoms with van der Waals surface area (Å²) in [5.74, 6) is -1.12. The van der Waals surface area contributed by atoms with Gasteiger partial charge in [0.2, 0.25) is 5.91 Å². The predicted molar refractivity (Wildman–Crippen MR) is 82.2 cm³/mol. The van der Waals surface area contributed by atoms with Crippen molar-refractivity contribution in [3.8, 4) is 0 Å². The molecule has 2 aromatic rings. The molecule has 1 aromatic carbocycles. The van der Waals surface area contributed by atoms with E-state index in [0.717, 1.165) is 11.3 Å². The molecule has 7 nitrogen and oxygen atoms in total. The average molecular weight is 319 g/mol. The van der Waals surface area contributed by atoms with E-state index in [1.807, 2.05) is 0 Å². The van der Waals surface area contributed by atoms with Crippen molar-refractivity contribution in [1.82, 2.24) is 4.98 Å². The van der Waals surface area contributed by atoms with Crippen LogP contribution in [0.4, 0.5) is 10.8 Å². The fraction of sp³-hybridized carbons (Fsp3) is 0.143. The first-order valence-electron chi connectivity index (χ1n) is 6.22. The largest absolute Gasteiger partial charge is 0.465 e. The summed E-state index contributed by atoms with van der Waals surface area (Å²) in [5.41, 5.74) is 0.885. The number of nitrogens with one attached hydrogen (secondary N) is 2. The lowest BCUT2D eigenvalue weighted by molar-refractivity contribution is -0.114. The second-order valence-electron chi connectivity index (χ2n) is 4.24. The predicted octanol–water partition coefficient (Wildman–Crippen LogP) is 2.14. The van der Waals surface area contributed by atoms with E-state index < -0.39 is 11.9 Å². The highest BCUT2D eigenvalue weighted by atomic mass is 32.1. The number of amides is 2. The number of hydrogen-bond acceptors (Lipinski definition) is 6. The van der Waals surface area contributed by atoms with Crippen molar-refractivity contribution in [2.75, 3.05) is 17.7 Å². The molecule has 8 heteroatoms. The van der Waals surface area contributed by atoms with E-state index >= 15 is 0 Å². The summed E-state index contributed by atoms with van der Waals surface area (Å²) in [6.07, 6.45) is 1.33. The van der Waals surface area contributed by atoms with Gasteiger partial charge in [0.25, 0.3) is 5.91 Å². The minimum Gasteiger partial charge on any atom is -0.465 e. The Hall–Kier alpha value is -2.74. The van der Waals surface area contributed by atoms with Gasteiger partial charge in [-0.2, -0.15) is 0 Å². The van der Waals surface area contributed by atoms with Crippen molar-refractivity contribution in [3.63, 3.8) is 0 Å². The molecule has 2 rings (SSSR count). The highest BCUT2D eigenvalue weighted by molar-refractivity contribution is 7.17.